The monoisotopic (exact) mass is 199 g/mol. The largest absolute Gasteiger partial charge is 0.481 e. The zero-order valence-corrected chi connectivity index (χ0v) is 8.96. The predicted octanol–water partition coefficient (Wildman–Crippen LogP) is 2.19. The summed E-state index contributed by atoms with van der Waals surface area (Å²) in [5.41, 5.74) is 0. The van der Waals surface area contributed by atoms with E-state index in [1.165, 1.54) is 0 Å². The van der Waals surface area contributed by atoms with Crippen molar-refractivity contribution in [2.45, 2.75) is 39.0 Å². The van der Waals surface area contributed by atoms with Gasteiger partial charge < -0.3 is 10.4 Å². The summed E-state index contributed by atoms with van der Waals surface area (Å²) in [5.74, 6) is -0.689. The van der Waals surface area contributed by atoms with Crippen molar-refractivity contribution in [3.8, 4) is 0 Å². The normalized spacial score (nSPS) is 10.9. The molecule has 0 aliphatic carbocycles. The summed E-state index contributed by atoms with van der Waals surface area (Å²) in [7, 11) is 0. The SMILES string of the molecule is C/C=C/CCNCCCCCC(=O)O. The number of hydrogen-bond acceptors (Lipinski definition) is 2. The Morgan fingerprint density at radius 3 is 2.71 bits per heavy atom. The van der Waals surface area contributed by atoms with Crippen LogP contribution in [0.5, 0.6) is 0 Å². The van der Waals surface area contributed by atoms with Crippen LogP contribution in [0.4, 0.5) is 0 Å². The Balaban J connectivity index is 2.95. The summed E-state index contributed by atoms with van der Waals surface area (Å²) in [6, 6.07) is 0. The molecule has 0 aromatic heterocycles. The summed E-state index contributed by atoms with van der Waals surface area (Å²) in [6.45, 7) is 4.03. The van der Waals surface area contributed by atoms with Gasteiger partial charge in [-0.25, -0.2) is 0 Å². The first-order chi connectivity index (χ1) is 6.77. The fourth-order valence-corrected chi connectivity index (χ4v) is 1.18. The molecule has 0 rings (SSSR count). The minimum absolute atomic E-state index is 0.304. The Bertz CT molecular complexity index is 167. The van der Waals surface area contributed by atoms with Crippen molar-refractivity contribution in [1.82, 2.24) is 5.32 Å². The summed E-state index contributed by atoms with van der Waals surface area (Å²) in [4.78, 5) is 10.2. The Morgan fingerprint density at radius 1 is 1.29 bits per heavy atom. The molecule has 0 aliphatic heterocycles. The zero-order chi connectivity index (χ0) is 10.6. The third kappa shape index (κ3) is 11.2. The van der Waals surface area contributed by atoms with Gasteiger partial charge in [-0.15, -0.1) is 0 Å². The van der Waals surface area contributed by atoms with E-state index < -0.39 is 5.97 Å². The molecule has 0 amide bonds. The number of hydrogen-bond donors (Lipinski definition) is 2. The van der Waals surface area contributed by atoms with Crippen LogP contribution in [-0.4, -0.2) is 24.2 Å². The molecule has 2 N–H and O–H groups in total. The van der Waals surface area contributed by atoms with Gasteiger partial charge in [-0.2, -0.15) is 0 Å². The van der Waals surface area contributed by atoms with Crippen LogP contribution in [0.1, 0.15) is 39.0 Å². The zero-order valence-electron chi connectivity index (χ0n) is 8.96. The Morgan fingerprint density at radius 2 is 2.07 bits per heavy atom. The van der Waals surface area contributed by atoms with Crippen molar-refractivity contribution in [1.29, 1.82) is 0 Å². The van der Waals surface area contributed by atoms with E-state index in [0.29, 0.717) is 6.42 Å². The second-order valence-corrected chi connectivity index (χ2v) is 3.31. The van der Waals surface area contributed by atoms with Gasteiger partial charge in [-0.1, -0.05) is 18.6 Å². The van der Waals surface area contributed by atoms with Crippen LogP contribution < -0.4 is 5.32 Å². The molecule has 0 saturated carbocycles. The molecule has 0 saturated heterocycles. The minimum atomic E-state index is -0.689. The van der Waals surface area contributed by atoms with Crippen molar-refractivity contribution in [2.24, 2.45) is 0 Å². The lowest BCUT2D eigenvalue weighted by molar-refractivity contribution is -0.137. The van der Waals surface area contributed by atoms with Crippen LogP contribution in [0.2, 0.25) is 0 Å². The van der Waals surface area contributed by atoms with Crippen LogP contribution in [-0.2, 0) is 4.79 Å². The number of carbonyl (C=O) groups is 1. The van der Waals surface area contributed by atoms with E-state index in [1.54, 1.807) is 0 Å². The lowest BCUT2D eigenvalue weighted by Gasteiger charge is -2.01. The van der Waals surface area contributed by atoms with Gasteiger partial charge in [0, 0.05) is 6.42 Å². The molecule has 3 nitrogen and oxygen atoms in total. The van der Waals surface area contributed by atoms with Crippen LogP contribution in [0.15, 0.2) is 12.2 Å². The molecule has 14 heavy (non-hydrogen) atoms. The molecule has 0 spiro atoms. The molecule has 82 valence electrons. The lowest BCUT2D eigenvalue weighted by atomic mass is 10.2. The standard InChI is InChI=1S/C11H21NO2/c1-2-3-6-9-12-10-7-4-5-8-11(13)14/h2-3,12H,4-10H2,1H3,(H,13,14)/b3-2+. The van der Waals surface area contributed by atoms with Crippen molar-refractivity contribution in [2.75, 3.05) is 13.1 Å². The second-order valence-electron chi connectivity index (χ2n) is 3.31. The van der Waals surface area contributed by atoms with Crippen LogP contribution in [0.25, 0.3) is 0 Å². The highest BCUT2D eigenvalue weighted by atomic mass is 16.4. The van der Waals surface area contributed by atoms with E-state index >= 15 is 0 Å². The fraction of sp³-hybridized carbons (Fsp3) is 0.727. The lowest BCUT2D eigenvalue weighted by Crippen LogP contribution is -2.16. The van der Waals surface area contributed by atoms with Gasteiger partial charge in [-0.3, -0.25) is 4.79 Å². The van der Waals surface area contributed by atoms with Crippen molar-refractivity contribution < 1.29 is 9.90 Å². The molecule has 0 atom stereocenters. The van der Waals surface area contributed by atoms with Gasteiger partial charge in [0.15, 0.2) is 0 Å². The van der Waals surface area contributed by atoms with Gasteiger partial charge >= 0.3 is 5.97 Å². The quantitative estimate of drug-likeness (QED) is 0.442. The highest BCUT2D eigenvalue weighted by Crippen LogP contribution is 1.98. The molecule has 0 heterocycles. The van der Waals surface area contributed by atoms with Crippen molar-refractivity contribution >= 4 is 5.97 Å². The van der Waals surface area contributed by atoms with E-state index in [-0.39, 0.29) is 0 Å². The maximum atomic E-state index is 10.2. The molecular formula is C11H21NO2. The van der Waals surface area contributed by atoms with Gasteiger partial charge in [-0.05, 0) is 39.3 Å². The molecule has 0 aromatic rings. The average molecular weight is 199 g/mol. The number of unbranched alkanes of at least 4 members (excludes halogenated alkanes) is 2. The van der Waals surface area contributed by atoms with Gasteiger partial charge in [0.25, 0.3) is 0 Å². The van der Waals surface area contributed by atoms with Gasteiger partial charge in [0.2, 0.25) is 0 Å². The minimum Gasteiger partial charge on any atom is -0.481 e. The summed E-state index contributed by atoms with van der Waals surface area (Å²) in [6.07, 6.45) is 8.44. The van der Waals surface area contributed by atoms with E-state index in [2.05, 4.69) is 17.5 Å². The first-order valence-electron chi connectivity index (χ1n) is 5.31. The van der Waals surface area contributed by atoms with Crippen LogP contribution in [0.3, 0.4) is 0 Å². The second kappa shape index (κ2) is 10.3. The molecule has 0 aliphatic rings. The molecule has 3 heteroatoms. The molecule has 0 radical (unpaired) electrons. The predicted molar refractivity (Wildman–Crippen MR) is 58.4 cm³/mol. The Hall–Kier alpha value is -0.830. The summed E-state index contributed by atoms with van der Waals surface area (Å²) in [5, 5.41) is 11.7. The van der Waals surface area contributed by atoms with Crippen LogP contribution >= 0.6 is 0 Å². The van der Waals surface area contributed by atoms with Gasteiger partial charge in [0.05, 0.1) is 0 Å². The molecular weight excluding hydrogens is 178 g/mol. The average Bonchev–Trinajstić information content (AvgIpc) is 2.15. The number of carboxylic acids is 1. The third-order valence-electron chi connectivity index (χ3n) is 1.97. The number of carboxylic acid groups (broad SMARTS) is 1. The maximum absolute atomic E-state index is 10.2. The number of aliphatic carboxylic acids is 1. The molecule has 0 unspecified atom stereocenters. The van der Waals surface area contributed by atoms with E-state index in [0.717, 1.165) is 38.8 Å². The van der Waals surface area contributed by atoms with Crippen molar-refractivity contribution in [3.05, 3.63) is 12.2 Å². The topological polar surface area (TPSA) is 49.3 Å². The first kappa shape index (κ1) is 13.2. The number of allylic oxidation sites excluding steroid dienone is 1. The number of rotatable bonds is 9. The molecule has 0 fully saturated rings. The summed E-state index contributed by atoms with van der Waals surface area (Å²) >= 11 is 0. The molecule has 0 aromatic carbocycles. The van der Waals surface area contributed by atoms with E-state index in [1.807, 2.05) is 6.92 Å². The highest BCUT2D eigenvalue weighted by molar-refractivity contribution is 5.66. The molecule has 0 bridgehead atoms. The Kier molecular flexibility index (Phi) is 9.64. The van der Waals surface area contributed by atoms with E-state index in [9.17, 15) is 4.79 Å². The maximum Gasteiger partial charge on any atom is 0.303 e. The number of nitrogens with one attached hydrogen (secondary N) is 1. The van der Waals surface area contributed by atoms with Gasteiger partial charge in [0.1, 0.15) is 0 Å². The van der Waals surface area contributed by atoms with Crippen molar-refractivity contribution in [3.63, 3.8) is 0 Å². The van der Waals surface area contributed by atoms with E-state index in [4.69, 9.17) is 5.11 Å². The first-order valence-corrected chi connectivity index (χ1v) is 5.31. The fourth-order valence-electron chi connectivity index (χ4n) is 1.18. The highest BCUT2D eigenvalue weighted by Gasteiger charge is 1.95. The van der Waals surface area contributed by atoms with Crippen LogP contribution in [0, 0.1) is 0 Å². The third-order valence-corrected chi connectivity index (χ3v) is 1.97. The summed E-state index contributed by atoms with van der Waals surface area (Å²) < 4.78 is 0. The Labute approximate surface area is 86.2 Å². The smallest absolute Gasteiger partial charge is 0.303 e.